The van der Waals surface area contributed by atoms with E-state index in [-0.39, 0.29) is 11.1 Å². The predicted octanol–water partition coefficient (Wildman–Crippen LogP) is 4.84. The molecule has 0 aliphatic heterocycles. The molecule has 0 saturated heterocycles. The Morgan fingerprint density at radius 3 is 2.25 bits per heavy atom. The second-order valence-corrected chi connectivity index (χ2v) is 4.86. The van der Waals surface area contributed by atoms with Gasteiger partial charge in [0.05, 0.1) is 5.56 Å². The van der Waals surface area contributed by atoms with E-state index in [0.717, 1.165) is 6.07 Å². The van der Waals surface area contributed by atoms with Gasteiger partial charge in [0, 0.05) is 15.6 Å². The Morgan fingerprint density at radius 1 is 1.05 bits per heavy atom. The zero-order valence-corrected chi connectivity index (χ0v) is 11.4. The highest BCUT2D eigenvalue weighted by atomic mass is 79.9. The van der Waals surface area contributed by atoms with Crippen LogP contribution >= 0.6 is 15.9 Å². The first-order chi connectivity index (χ1) is 9.30. The summed E-state index contributed by atoms with van der Waals surface area (Å²) in [6.07, 6.45) is -4.78. The maximum Gasteiger partial charge on any atom is 0.419 e. The van der Waals surface area contributed by atoms with Gasteiger partial charge < -0.3 is 0 Å². The normalized spacial score (nSPS) is 11.4. The highest BCUT2D eigenvalue weighted by Crippen LogP contribution is 2.32. The zero-order valence-electron chi connectivity index (χ0n) is 9.84. The maximum absolute atomic E-state index is 13.4. The maximum atomic E-state index is 13.4. The molecule has 0 bridgehead atoms. The Morgan fingerprint density at radius 2 is 1.70 bits per heavy atom. The first-order valence-corrected chi connectivity index (χ1v) is 6.26. The van der Waals surface area contributed by atoms with E-state index in [0.29, 0.717) is 16.6 Å². The van der Waals surface area contributed by atoms with Gasteiger partial charge >= 0.3 is 6.18 Å². The number of hydrogen-bond donors (Lipinski definition) is 0. The standard InChI is InChI=1S/C14H7BrF4O/c15-11-4-2-1-3-9(11)13(20)8-5-6-10(12(16)7-8)14(17,18)19/h1-7H. The van der Waals surface area contributed by atoms with Crippen LogP contribution in [0.4, 0.5) is 17.6 Å². The van der Waals surface area contributed by atoms with Crippen molar-refractivity contribution in [1.29, 1.82) is 0 Å². The molecule has 0 fully saturated rings. The Kier molecular flexibility index (Phi) is 3.94. The molecule has 0 aromatic heterocycles. The molecular formula is C14H7BrF4O. The van der Waals surface area contributed by atoms with Crippen molar-refractivity contribution >= 4 is 21.7 Å². The number of carbonyl (C=O) groups is 1. The van der Waals surface area contributed by atoms with Crippen LogP contribution in [0.3, 0.4) is 0 Å². The van der Waals surface area contributed by atoms with E-state index in [2.05, 4.69) is 15.9 Å². The lowest BCUT2D eigenvalue weighted by Gasteiger charge is -2.09. The smallest absolute Gasteiger partial charge is 0.289 e. The molecule has 0 radical (unpaired) electrons. The first-order valence-electron chi connectivity index (χ1n) is 5.46. The largest absolute Gasteiger partial charge is 0.419 e. The molecule has 0 unspecified atom stereocenters. The number of benzene rings is 2. The molecule has 0 heterocycles. The van der Waals surface area contributed by atoms with Crippen molar-refractivity contribution in [3.63, 3.8) is 0 Å². The first kappa shape index (κ1) is 14.7. The molecule has 0 amide bonds. The minimum Gasteiger partial charge on any atom is -0.289 e. The summed E-state index contributed by atoms with van der Waals surface area (Å²) in [4.78, 5) is 12.1. The lowest BCUT2D eigenvalue weighted by Crippen LogP contribution is -2.10. The van der Waals surface area contributed by atoms with E-state index < -0.39 is 23.3 Å². The van der Waals surface area contributed by atoms with Gasteiger partial charge in [-0.2, -0.15) is 13.2 Å². The van der Waals surface area contributed by atoms with Gasteiger partial charge in [-0.15, -0.1) is 0 Å². The molecule has 2 aromatic rings. The summed E-state index contributed by atoms with van der Waals surface area (Å²) in [5.74, 6) is -2.01. The average molecular weight is 347 g/mol. The van der Waals surface area contributed by atoms with Crippen LogP contribution in [0.25, 0.3) is 0 Å². The number of alkyl halides is 3. The number of hydrogen-bond acceptors (Lipinski definition) is 1. The third-order valence-corrected chi connectivity index (χ3v) is 3.35. The molecule has 0 N–H and O–H groups in total. The SMILES string of the molecule is O=C(c1ccc(C(F)(F)F)c(F)c1)c1ccccc1Br. The lowest BCUT2D eigenvalue weighted by molar-refractivity contribution is -0.140. The van der Waals surface area contributed by atoms with E-state index in [1.54, 1.807) is 18.2 Å². The zero-order chi connectivity index (χ0) is 14.9. The topological polar surface area (TPSA) is 17.1 Å². The molecular weight excluding hydrogens is 340 g/mol. The monoisotopic (exact) mass is 346 g/mol. The van der Waals surface area contributed by atoms with Gasteiger partial charge in [-0.3, -0.25) is 4.79 Å². The molecule has 20 heavy (non-hydrogen) atoms. The van der Waals surface area contributed by atoms with Crippen LogP contribution in [0.2, 0.25) is 0 Å². The van der Waals surface area contributed by atoms with Gasteiger partial charge in [-0.05, 0) is 24.3 Å². The quantitative estimate of drug-likeness (QED) is 0.561. The highest BCUT2D eigenvalue weighted by Gasteiger charge is 2.34. The Bertz CT molecular complexity index is 664. The van der Waals surface area contributed by atoms with E-state index in [1.165, 1.54) is 6.07 Å². The van der Waals surface area contributed by atoms with Crippen molar-refractivity contribution < 1.29 is 22.4 Å². The molecule has 6 heteroatoms. The molecule has 0 saturated carbocycles. The van der Waals surface area contributed by atoms with Crippen LogP contribution in [0.5, 0.6) is 0 Å². The van der Waals surface area contributed by atoms with Crippen LogP contribution in [0.1, 0.15) is 21.5 Å². The second kappa shape index (κ2) is 5.36. The van der Waals surface area contributed by atoms with Gasteiger partial charge in [0.1, 0.15) is 5.82 Å². The van der Waals surface area contributed by atoms with Crippen LogP contribution in [-0.2, 0) is 6.18 Å². The molecule has 0 aliphatic carbocycles. The van der Waals surface area contributed by atoms with Gasteiger partial charge in [-0.1, -0.05) is 34.1 Å². The summed E-state index contributed by atoms with van der Waals surface area (Å²) in [6, 6.07) is 8.56. The number of rotatable bonds is 2. The predicted molar refractivity (Wildman–Crippen MR) is 69.0 cm³/mol. The fourth-order valence-corrected chi connectivity index (χ4v) is 2.15. The van der Waals surface area contributed by atoms with Gasteiger partial charge in [-0.25, -0.2) is 4.39 Å². The summed E-state index contributed by atoms with van der Waals surface area (Å²) >= 11 is 3.16. The molecule has 1 nitrogen and oxygen atoms in total. The number of carbonyl (C=O) groups excluding carboxylic acids is 1. The fraction of sp³-hybridized carbons (Fsp3) is 0.0714. The molecule has 0 atom stereocenters. The van der Waals surface area contributed by atoms with Crippen molar-refractivity contribution in [2.24, 2.45) is 0 Å². The summed E-state index contributed by atoms with van der Waals surface area (Å²) in [6.45, 7) is 0. The van der Waals surface area contributed by atoms with Crippen molar-refractivity contribution in [3.05, 3.63) is 69.4 Å². The molecule has 0 aliphatic rings. The Hall–Kier alpha value is -1.69. The molecule has 0 spiro atoms. The highest BCUT2D eigenvalue weighted by molar-refractivity contribution is 9.10. The van der Waals surface area contributed by atoms with Crippen molar-refractivity contribution in [2.75, 3.05) is 0 Å². The van der Waals surface area contributed by atoms with Crippen molar-refractivity contribution in [2.45, 2.75) is 6.18 Å². The fourth-order valence-electron chi connectivity index (χ4n) is 1.69. The lowest BCUT2D eigenvalue weighted by atomic mass is 10.0. The second-order valence-electron chi connectivity index (χ2n) is 4.00. The van der Waals surface area contributed by atoms with Gasteiger partial charge in [0.2, 0.25) is 0 Å². The minimum atomic E-state index is -4.78. The van der Waals surface area contributed by atoms with E-state index in [9.17, 15) is 22.4 Å². The molecule has 104 valence electrons. The Labute approximate surface area is 120 Å². The van der Waals surface area contributed by atoms with E-state index >= 15 is 0 Å². The summed E-state index contributed by atoms with van der Waals surface area (Å²) < 4.78 is 51.2. The number of ketones is 1. The number of halogens is 5. The van der Waals surface area contributed by atoms with Gasteiger partial charge in [0.15, 0.2) is 5.78 Å². The minimum absolute atomic E-state index is 0.137. The van der Waals surface area contributed by atoms with Crippen LogP contribution in [-0.4, -0.2) is 5.78 Å². The summed E-state index contributed by atoms with van der Waals surface area (Å²) in [5.41, 5.74) is -1.27. The van der Waals surface area contributed by atoms with Crippen LogP contribution in [0.15, 0.2) is 46.9 Å². The van der Waals surface area contributed by atoms with Gasteiger partial charge in [0.25, 0.3) is 0 Å². The third-order valence-electron chi connectivity index (χ3n) is 2.66. The summed E-state index contributed by atoms with van der Waals surface area (Å²) in [7, 11) is 0. The van der Waals surface area contributed by atoms with E-state index in [4.69, 9.17) is 0 Å². The van der Waals surface area contributed by atoms with Crippen molar-refractivity contribution in [3.8, 4) is 0 Å². The summed E-state index contributed by atoms with van der Waals surface area (Å²) in [5, 5.41) is 0. The van der Waals surface area contributed by atoms with Crippen LogP contribution in [0, 0.1) is 5.82 Å². The average Bonchev–Trinajstić information content (AvgIpc) is 2.37. The van der Waals surface area contributed by atoms with Crippen molar-refractivity contribution in [1.82, 2.24) is 0 Å². The Balaban J connectivity index is 2.43. The molecule has 2 rings (SSSR count). The van der Waals surface area contributed by atoms with Crippen LogP contribution < -0.4 is 0 Å². The van der Waals surface area contributed by atoms with E-state index in [1.807, 2.05) is 0 Å². The molecule has 2 aromatic carbocycles. The third kappa shape index (κ3) is 2.90.